The molecule has 0 atom stereocenters. The first kappa shape index (κ1) is 19.5. The van der Waals surface area contributed by atoms with Crippen LogP contribution < -0.4 is 19.5 Å². The highest BCUT2D eigenvalue weighted by Crippen LogP contribution is 2.36. The second-order valence-corrected chi connectivity index (χ2v) is 6.56. The summed E-state index contributed by atoms with van der Waals surface area (Å²) in [5.74, 6) is 2.40. The monoisotopic (exact) mass is 407 g/mol. The van der Waals surface area contributed by atoms with Crippen molar-refractivity contribution in [3.63, 3.8) is 0 Å². The smallest absolute Gasteiger partial charge is 0.255 e. The fraction of sp³-hybridized carbons (Fsp3) is 0.227. The lowest BCUT2D eigenvalue weighted by Crippen LogP contribution is -2.22. The molecular weight excluding hydrogens is 386 g/mol. The van der Waals surface area contributed by atoms with Crippen LogP contribution in [-0.4, -0.2) is 36.6 Å². The molecule has 4 rings (SSSR count). The topological polar surface area (TPSA) is 95.7 Å². The van der Waals surface area contributed by atoms with E-state index in [9.17, 15) is 4.79 Å². The van der Waals surface area contributed by atoms with E-state index in [0.717, 1.165) is 5.39 Å². The highest BCUT2D eigenvalue weighted by Gasteiger charge is 2.19. The van der Waals surface area contributed by atoms with Crippen molar-refractivity contribution in [2.24, 2.45) is 0 Å². The number of carbonyl (C=O) groups excluding carboxylic acids is 1. The SMILES string of the molecule is CCNC(=O)c1c(C)oc2cc(Oc3ncnc4cc(OC)c(OC)cc34)ccc12. The molecule has 2 aromatic carbocycles. The Bertz CT molecular complexity index is 1250. The second kappa shape index (κ2) is 7.90. The first-order chi connectivity index (χ1) is 14.5. The molecule has 2 heterocycles. The van der Waals surface area contributed by atoms with E-state index in [1.807, 2.05) is 6.92 Å². The quantitative estimate of drug-likeness (QED) is 0.511. The highest BCUT2D eigenvalue weighted by molar-refractivity contribution is 6.07. The lowest BCUT2D eigenvalue weighted by atomic mass is 10.1. The molecular formula is C22H21N3O5. The van der Waals surface area contributed by atoms with Crippen LogP contribution in [0.3, 0.4) is 0 Å². The number of nitrogens with one attached hydrogen (secondary N) is 1. The van der Waals surface area contributed by atoms with Crippen molar-refractivity contribution in [3.05, 3.63) is 48.0 Å². The summed E-state index contributed by atoms with van der Waals surface area (Å²) in [7, 11) is 3.13. The van der Waals surface area contributed by atoms with E-state index in [0.29, 0.717) is 57.5 Å². The molecule has 2 aromatic heterocycles. The summed E-state index contributed by atoms with van der Waals surface area (Å²) < 4.78 is 22.5. The molecule has 0 aliphatic rings. The van der Waals surface area contributed by atoms with Gasteiger partial charge < -0.3 is 23.9 Å². The molecule has 0 unspecified atom stereocenters. The molecule has 0 aliphatic heterocycles. The fourth-order valence-electron chi connectivity index (χ4n) is 3.35. The van der Waals surface area contributed by atoms with Crippen molar-refractivity contribution in [1.82, 2.24) is 15.3 Å². The van der Waals surface area contributed by atoms with E-state index in [-0.39, 0.29) is 5.91 Å². The number of carbonyl (C=O) groups is 1. The van der Waals surface area contributed by atoms with Gasteiger partial charge in [0, 0.05) is 24.1 Å². The Balaban J connectivity index is 1.74. The van der Waals surface area contributed by atoms with Crippen LogP contribution in [-0.2, 0) is 0 Å². The van der Waals surface area contributed by atoms with Gasteiger partial charge in [-0.05, 0) is 32.0 Å². The molecule has 0 fully saturated rings. The molecule has 8 heteroatoms. The maximum absolute atomic E-state index is 12.3. The lowest BCUT2D eigenvalue weighted by molar-refractivity contribution is 0.0955. The van der Waals surface area contributed by atoms with Crippen molar-refractivity contribution in [1.29, 1.82) is 0 Å². The van der Waals surface area contributed by atoms with Crippen molar-refractivity contribution in [2.75, 3.05) is 20.8 Å². The largest absolute Gasteiger partial charge is 0.493 e. The van der Waals surface area contributed by atoms with Gasteiger partial charge in [-0.2, -0.15) is 0 Å². The summed E-state index contributed by atoms with van der Waals surface area (Å²) in [5, 5.41) is 4.21. The zero-order valence-corrected chi connectivity index (χ0v) is 17.1. The van der Waals surface area contributed by atoms with Crippen molar-refractivity contribution < 1.29 is 23.4 Å². The van der Waals surface area contributed by atoms with Crippen LogP contribution in [0.4, 0.5) is 0 Å². The Kier molecular flexibility index (Phi) is 5.14. The molecule has 0 saturated carbocycles. The average molecular weight is 407 g/mol. The maximum atomic E-state index is 12.3. The molecule has 8 nitrogen and oxygen atoms in total. The van der Waals surface area contributed by atoms with Gasteiger partial charge in [-0.1, -0.05) is 0 Å². The molecule has 1 N–H and O–H groups in total. The number of ether oxygens (including phenoxy) is 3. The number of aromatic nitrogens is 2. The first-order valence-corrected chi connectivity index (χ1v) is 9.41. The van der Waals surface area contributed by atoms with Crippen LogP contribution in [0.15, 0.2) is 41.1 Å². The molecule has 0 radical (unpaired) electrons. The number of fused-ring (bicyclic) bond motifs is 2. The van der Waals surface area contributed by atoms with Gasteiger partial charge in [0.2, 0.25) is 5.88 Å². The molecule has 154 valence electrons. The van der Waals surface area contributed by atoms with Crippen LogP contribution >= 0.6 is 0 Å². The Morgan fingerprint density at radius 3 is 2.57 bits per heavy atom. The third kappa shape index (κ3) is 3.36. The predicted octanol–water partition coefficient (Wildman–Crippen LogP) is 4.24. The van der Waals surface area contributed by atoms with Crippen molar-refractivity contribution >= 4 is 27.8 Å². The van der Waals surface area contributed by atoms with E-state index in [1.54, 1.807) is 51.5 Å². The highest BCUT2D eigenvalue weighted by atomic mass is 16.5. The molecule has 30 heavy (non-hydrogen) atoms. The van der Waals surface area contributed by atoms with Crippen LogP contribution in [0.25, 0.3) is 21.9 Å². The molecule has 4 aromatic rings. The van der Waals surface area contributed by atoms with E-state index < -0.39 is 0 Å². The van der Waals surface area contributed by atoms with Crippen molar-refractivity contribution in [3.8, 4) is 23.1 Å². The number of hydrogen-bond donors (Lipinski definition) is 1. The van der Waals surface area contributed by atoms with Crippen LogP contribution in [0.1, 0.15) is 23.0 Å². The van der Waals surface area contributed by atoms with Crippen LogP contribution in [0.2, 0.25) is 0 Å². The lowest BCUT2D eigenvalue weighted by Gasteiger charge is -2.11. The fourth-order valence-corrected chi connectivity index (χ4v) is 3.35. The van der Waals surface area contributed by atoms with E-state index in [2.05, 4.69) is 15.3 Å². The number of nitrogens with zero attached hydrogens (tertiary/aromatic N) is 2. The number of aryl methyl sites for hydroxylation is 1. The van der Waals surface area contributed by atoms with Gasteiger partial charge in [0.15, 0.2) is 11.5 Å². The molecule has 0 aliphatic carbocycles. The predicted molar refractivity (Wildman–Crippen MR) is 112 cm³/mol. The van der Waals surface area contributed by atoms with Gasteiger partial charge in [0.1, 0.15) is 23.4 Å². The van der Waals surface area contributed by atoms with Gasteiger partial charge >= 0.3 is 0 Å². The summed E-state index contributed by atoms with van der Waals surface area (Å²) in [6.45, 7) is 4.18. The molecule has 0 spiro atoms. The maximum Gasteiger partial charge on any atom is 0.255 e. The summed E-state index contributed by atoms with van der Waals surface area (Å²) >= 11 is 0. The van der Waals surface area contributed by atoms with Crippen molar-refractivity contribution in [2.45, 2.75) is 13.8 Å². The van der Waals surface area contributed by atoms with Gasteiger partial charge in [-0.25, -0.2) is 9.97 Å². The number of benzene rings is 2. The number of methoxy groups -OCH3 is 2. The standard InChI is InChI=1S/C22H21N3O5/c1-5-23-21(26)20-12(2)29-17-8-13(6-7-14(17)20)30-22-15-9-18(27-3)19(28-4)10-16(15)24-11-25-22/h6-11H,5H2,1-4H3,(H,23,26). The zero-order valence-electron chi connectivity index (χ0n) is 17.1. The van der Waals surface area contributed by atoms with E-state index in [4.69, 9.17) is 18.6 Å². The number of hydrogen-bond acceptors (Lipinski definition) is 7. The minimum absolute atomic E-state index is 0.162. The zero-order chi connectivity index (χ0) is 21.3. The van der Waals surface area contributed by atoms with Gasteiger partial charge in [-0.3, -0.25) is 4.79 Å². The number of rotatable bonds is 6. The minimum atomic E-state index is -0.162. The number of furan rings is 1. The summed E-state index contributed by atoms with van der Waals surface area (Å²) in [4.78, 5) is 20.9. The van der Waals surface area contributed by atoms with E-state index >= 15 is 0 Å². The Hall–Kier alpha value is -3.81. The third-order valence-corrected chi connectivity index (χ3v) is 4.72. The molecule has 1 amide bonds. The van der Waals surface area contributed by atoms with Gasteiger partial charge in [0.05, 0.1) is 30.7 Å². The average Bonchev–Trinajstić information content (AvgIpc) is 3.08. The number of amides is 1. The normalized spacial score (nSPS) is 10.9. The molecule has 0 saturated heterocycles. The van der Waals surface area contributed by atoms with Gasteiger partial charge in [-0.15, -0.1) is 0 Å². The summed E-state index contributed by atoms with van der Waals surface area (Å²) in [6, 6.07) is 8.85. The van der Waals surface area contributed by atoms with Crippen LogP contribution in [0, 0.1) is 6.92 Å². The van der Waals surface area contributed by atoms with Crippen LogP contribution in [0.5, 0.6) is 23.1 Å². The third-order valence-electron chi connectivity index (χ3n) is 4.72. The van der Waals surface area contributed by atoms with E-state index in [1.165, 1.54) is 6.33 Å². The minimum Gasteiger partial charge on any atom is -0.493 e. The molecule has 0 bridgehead atoms. The first-order valence-electron chi connectivity index (χ1n) is 9.41. The summed E-state index contributed by atoms with van der Waals surface area (Å²) in [5.41, 5.74) is 1.75. The second-order valence-electron chi connectivity index (χ2n) is 6.56. The van der Waals surface area contributed by atoms with Gasteiger partial charge in [0.25, 0.3) is 5.91 Å². The summed E-state index contributed by atoms with van der Waals surface area (Å²) in [6.07, 6.45) is 1.42. The Morgan fingerprint density at radius 1 is 1.07 bits per heavy atom. The Morgan fingerprint density at radius 2 is 1.83 bits per heavy atom. The Labute approximate surface area is 172 Å².